The Hall–Kier alpha value is -1.94. The van der Waals surface area contributed by atoms with Crippen molar-refractivity contribution in [3.05, 3.63) is 47.6 Å². The van der Waals surface area contributed by atoms with Crippen molar-refractivity contribution in [2.24, 2.45) is 11.8 Å². The first-order chi connectivity index (χ1) is 11.2. The van der Waals surface area contributed by atoms with Gasteiger partial charge in [0.2, 0.25) is 0 Å². The van der Waals surface area contributed by atoms with E-state index in [1.165, 1.54) is 0 Å². The summed E-state index contributed by atoms with van der Waals surface area (Å²) in [6.45, 7) is 9.64. The molecule has 0 amide bonds. The van der Waals surface area contributed by atoms with Gasteiger partial charge in [0.1, 0.15) is 0 Å². The molecule has 1 fully saturated rings. The van der Waals surface area contributed by atoms with Crippen molar-refractivity contribution in [3.63, 3.8) is 0 Å². The standard InChI is InChI=1S/C20H26O4/c1-13-7-8-16-17(6-5-9-20(3,4)23)19(22)24-12-18(16)14(2)11-15(21)10-13/h5-6,9-10,16,18,23H,2,7-8,11-12H2,1,3-4H3/b9-5+,13-10-,17-6?/t16-,18+/m1/s1. The summed E-state index contributed by atoms with van der Waals surface area (Å²) in [5, 5.41) is 9.78. The zero-order chi connectivity index (χ0) is 17.9. The number of ether oxygens (including phenoxy) is 1. The molecule has 1 saturated heterocycles. The highest BCUT2D eigenvalue weighted by molar-refractivity contribution is 5.93. The minimum Gasteiger partial charge on any atom is -0.462 e. The summed E-state index contributed by atoms with van der Waals surface area (Å²) in [6.07, 6.45) is 8.57. The predicted molar refractivity (Wildman–Crippen MR) is 93.2 cm³/mol. The quantitative estimate of drug-likeness (QED) is 0.479. The Balaban J connectivity index is 2.33. The molecule has 4 nitrogen and oxygen atoms in total. The molecule has 0 aromatic heterocycles. The average Bonchev–Trinajstić information content (AvgIpc) is 2.49. The minimum atomic E-state index is -0.942. The maximum atomic E-state index is 12.2. The molecule has 4 heteroatoms. The summed E-state index contributed by atoms with van der Waals surface area (Å²) in [4.78, 5) is 24.3. The molecule has 1 N–H and O–H groups in total. The van der Waals surface area contributed by atoms with Crippen molar-refractivity contribution >= 4 is 11.8 Å². The largest absolute Gasteiger partial charge is 0.462 e. The molecule has 130 valence electrons. The van der Waals surface area contributed by atoms with Crippen LogP contribution in [-0.4, -0.2) is 29.1 Å². The zero-order valence-corrected chi connectivity index (χ0v) is 14.7. The summed E-state index contributed by atoms with van der Waals surface area (Å²) < 4.78 is 5.32. The van der Waals surface area contributed by atoms with Crippen LogP contribution in [0.2, 0.25) is 0 Å². The molecule has 0 aromatic rings. The molecule has 1 heterocycles. The van der Waals surface area contributed by atoms with Crippen LogP contribution < -0.4 is 0 Å². The smallest absolute Gasteiger partial charge is 0.334 e. The van der Waals surface area contributed by atoms with Gasteiger partial charge >= 0.3 is 5.97 Å². The van der Waals surface area contributed by atoms with Gasteiger partial charge in [-0.25, -0.2) is 4.79 Å². The van der Waals surface area contributed by atoms with Gasteiger partial charge in [0.05, 0.1) is 12.2 Å². The van der Waals surface area contributed by atoms with E-state index in [-0.39, 0.29) is 30.2 Å². The molecule has 0 unspecified atom stereocenters. The van der Waals surface area contributed by atoms with Crippen molar-refractivity contribution in [1.29, 1.82) is 0 Å². The summed E-state index contributed by atoms with van der Waals surface area (Å²) in [5.74, 6) is -0.314. The number of carbonyl (C=O) groups is 2. The van der Waals surface area contributed by atoms with Crippen LogP contribution in [0.3, 0.4) is 0 Å². The van der Waals surface area contributed by atoms with E-state index in [1.807, 2.05) is 6.92 Å². The molecular formula is C20H26O4. The van der Waals surface area contributed by atoms with Crippen LogP contribution in [0.5, 0.6) is 0 Å². The molecular weight excluding hydrogens is 304 g/mol. The second kappa shape index (κ2) is 7.31. The maximum Gasteiger partial charge on any atom is 0.334 e. The van der Waals surface area contributed by atoms with Crippen molar-refractivity contribution in [1.82, 2.24) is 0 Å². The lowest BCUT2D eigenvalue weighted by Gasteiger charge is -2.33. The molecule has 2 aliphatic rings. The number of esters is 1. The lowest BCUT2D eigenvalue weighted by Crippen LogP contribution is -2.34. The van der Waals surface area contributed by atoms with E-state index in [2.05, 4.69) is 6.58 Å². The van der Waals surface area contributed by atoms with Crippen molar-refractivity contribution < 1.29 is 19.4 Å². The summed E-state index contributed by atoms with van der Waals surface area (Å²) in [7, 11) is 0. The first kappa shape index (κ1) is 18.4. The van der Waals surface area contributed by atoms with E-state index in [0.717, 1.165) is 24.0 Å². The Kier molecular flexibility index (Phi) is 5.60. The Morgan fingerprint density at radius 3 is 2.71 bits per heavy atom. The number of hydrogen-bond acceptors (Lipinski definition) is 4. The number of rotatable bonds is 2. The first-order valence-electron chi connectivity index (χ1n) is 8.34. The maximum absolute atomic E-state index is 12.2. The molecule has 0 bridgehead atoms. The van der Waals surface area contributed by atoms with Gasteiger partial charge in [-0.3, -0.25) is 4.79 Å². The number of hydrogen-bond donors (Lipinski definition) is 1. The highest BCUT2D eigenvalue weighted by atomic mass is 16.5. The molecule has 0 saturated carbocycles. The Morgan fingerprint density at radius 2 is 2.04 bits per heavy atom. The van der Waals surface area contributed by atoms with Crippen LogP contribution in [0.1, 0.15) is 40.0 Å². The number of cyclic esters (lactones) is 1. The van der Waals surface area contributed by atoms with Gasteiger partial charge in [0.15, 0.2) is 5.78 Å². The Labute approximate surface area is 143 Å². The summed E-state index contributed by atoms with van der Waals surface area (Å²) in [5.41, 5.74) is 1.50. The van der Waals surface area contributed by atoms with Gasteiger partial charge in [-0.15, -0.1) is 0 Å². The van der Waals surface area contributed by atoms with Gasteiger partial charge < -0.3 is 9.84 Å². The van der Waals surface area contributed by atoms with E-state index >= 15 is 0 Å². The van der Waals surface area contributed by atoms with E-state index < -0.39 is 5.60 Å². The van der Waals surface area contributed by atoms with Crippen LogP contribution in [0.4, 0.5) is 0 Å². The lowest BCUT2D eigenvalue weighted by atomic mass is 9.76. The van der Waals surface area contributed by atoms with Crippen LogP contribution in [0, 0.1) is 11.8 Å². The van der Waals surface area contributed by atoms with Crippen molar-refractivity contribution in [2.45, 2.75) is 45.6 Å². The predicted octanol–water partition coefficient (Wildman–Crippen LogP) is 3.28. The SMILES string of the molecule is C=C1CC(=O)/C=C(/C)CC[C@@H]2C(=C/C=C/C(C)(C)O)C(=O)OC[C@@H]12. The van der Waals surface area contributed by atoms with Gasteiger partial charge in [-0.1, -0.05) is 36.0 Å². The van der Waals surface area contributed by atoms with Gasteiger partial charge in [0, 0.05) is 23.8 Å². The van der Waals surface area contributed by atoms with E-state index in [0.29, 0.717) is 12.0 Å². The highest BCUT2D eigenvalue weighted by Gasteiger charge is 2.37. The average molecular weight is 330 g/mol. The van der Waals surface area contributed by atoms with E-state index in [9.17, 15) is 14.7 Å². The molecule has 1 aliphatic heterocycles. The highest BCUT2D eigenvalue weighted by Crippen LogP contribution is 2.38. The van der Waals surface area contributed by atoms with Gasteiger partial charge in [-0.2, -0.15) is 0 Å². The van der Waals surface area contributed by atoms with Gasteiger partial charge in [0.25, 0.3) is 0 Å². The Bertz CT molecular complexity index is 629. The monoisotopic (exact) mass is 330 g/mol. The number of aliphatic hydroxyl groups is 1. The number of carbonyl (C=O) groups excluding carboxylic acids is 2. The Morgan fingerprint density at radius 1 is 1.33 bits per heavy atom. The first-order valence-corrected chi connectivity index (χ1v) is 8.34. The second-order valence-corrected chi connectivity index (χ2v) is 7.28. The second-order valence-electron chi connectivity index (χ2n) is 7.28. The fourth-order valence-electron chi connectivity index (χ4n) is 3.21. The normalized spacial score (nSPS) is 30.2. The van der Waals surface area contributed by atoms with E-state index in [4.69, 9.17) is 4.74 Å². The third-order valence-electron chi connectivity index (χ3n) is 4.48. The molecule has 2 atom stereocenters. The molecule has 0 aromatic carbocycles. The molecule has 0 radical (unpaired) electrons. The fraction of sp³-hybridized carbons (Fsp3) is 0.500. The zero-order valence-electron chi connectivity index (χ0n) is 14.7. The van der Waals surface area contributed by atoms with E-state index in [1.54, 1.807) is 38.2 Å². The fourth-order valence-corrected chi connectivity index (χ4v) is 3.21. The minimum absolute atomic E-state index is 0.0144. The lowest BCUT2D eigenvalue weighted by molar-refractivity contribution is -0.144. The third-order valence-corrected chi connectivity index (χ3v) is 4.48. The molecule has 2 rings (SSSR count). The number of allylic oxidation sites excluding steroid dienone is 4. The summed E-state index contributed by atoms with van der Waals surface area (Å²) >= 11 is 0. The number of fused-ring (bicyclic) bond motifs is 1. The molecule has 24 heavy (non-hydrogen) atoms. The van der Waals surface area contributed by atoms with Crippen molar-refractivity contribution in [3.8, 4) is 0 Å². The van der Waals surface area contributed by atoms with Crippen molar-refractivity contribution in [2.75, 3.05) is 6.61 Å². The van der Waals surface area contributed by atoms with Crippen LogP contribution in [-0.2, 0) is 14.3 Å². The van der Waals surface area contributed by atoms with Crippen LogP contribution in [0.25, 0.3) is 0 Å². The topological polar surface area (TPSA) is 63.6 Å². The summed E-state index contributed by atoms with van der Waals surface area (Å²) in [6, 6.07) is 0. The molecule has 0 spiro atoms. The van der Waals surface area contributed by atoms with Crippen LogP contribution >= 0.6 is 0 Å². The molecule has 1 aliphatic carbocycles. The van der Waals surface area contributed by atoms with Gasteiger partial charge in [-0.05, 0) is 39.7 Å². The van der Waals surface area contributed by atoms with Crippen LogP contribution in [0.15, 0.2) is 47.6 Å². The number of ketones is 1. The third kappa shape index (κ3) is 4.78.